The summed E-state index contributed by atoms with van der Waals surface area (Å²) in [6.45, 7) is 1.93. The van der Waals surface area contributed by atoms with Crippen LogP contribution in [0, 0.1) is 0 Å². The Morgan fingerprint density at radius 3 is 2.44 bits per heavy atom. The molecule has 186 valence electrons. The molecule has 1 atom stereocenters. The smallest absolute Gasteiger partial charge is 0.441 e. The molecule has 0 aliphatic rings. The maximum absolute atomic E-state index is 12.4. The molecule has 0 saturated carbocycles. The lowest BCUT2D eigenvalue weighted by atomic mass is 10.1. The molecule has 1 heterocycles. The maximum atomic E-state index is 12.4. The van der Waals surface area contributed by atoms with Gasteiger partial charge in [-0.3, -0.25) is 5.32 Å². The van der Waals surface area contributed by atoms with E-state index in [1.807, 2.05) is 31.2 Å². The van der Waals surface area contributed by atoms with Gasteiger partial charge in [-0.15, -0.1) is 18.3 Å². The number of amides is 1. The van der Waals surface area contributed by atoms with Crippen molar-refractivity contribution in [2.24, 2.45) is 0 Å². The first-order valence-corrected chi connectivity index (χ1v) is 11.6. The molecule has 11 heteroatoms. The molecule has 0 saturated heterocycles. The lowest BCUT2D eigenvalue weighted by Gasteiger charge is -2.17. The predicted octanol–water partition coefficient (Wildman–Crippen LogP) is 7.30. The fourth-order valence-corrected chi connectivity index (χ4v) is 3.81. The van der Waals surface area contributed by atoms with Crippen LogP contribution in [0.3, 0.4) is 0 Å². The normalized spacial score (nSPS) is 12.1. The summed E-state index contributed by atoms with van der Waals surface area (Å²) < 4.78 is 48.8. The van der Waals surface area contributed by atoms with Crippen LogP contribution < -0.4 is 10.1 Å². The Morgan fingerprint density at radius 1 is 1.08 bits per heavy atom. The first-order chi connectivity index (χ1) is 17.2. The average Bonchev–Trinajstić information content (AvgIpc) is 3.33. The summed E-state index contributed by atoms with van der Waals surface area (Å²) in [6, 6.07) is 19.7. The minimum absolute atomic E-state index is 0.324. The number of carbonyl (C=O) groups excluding carboxylic acids is 1. The highest BCUT2D eigenvalue weighted by molar-refractivity contribution is 9.10. The second-order valence-electron chi connectivity index (χ2n) is 7.61. The summed E-state index contributed by atoms with van der Waals surface area (Å²) in [5.41, 5.74) is 2.62. The topological polar surface area (TPSA) is 78.3 Å². The monoisotopic (exact) mass is 560 g/mol. The van der Waals surface area contributed by atoms with E-state index in [1.54, 1.807) is 24.3 Å². The lowest BCUT2D eigenvalue weighted by molar-refractivity contribution is -0.274. The van der Waals surface area contributed by atoms with Crippen molar-refractivity contribution >= 4 is 27.7 Å². The van der Waals surface area contributed by atoms with Crippen LogP contribution in [0.4, 0.5) is 23.7 Å². The fourth-order valence-electron chi connectivity index (χ4n) is 3.39. The number of hydrogen-bond acceptors (Lipinski definition) is 5. The van der Waals surface area contributed by atoms with Gasteiger partial charge in [0.25, 0.3) is 0 Å². The quantitative estimate of drug-likeness (QED) is 0.256. The van der Waals surface area contributed by atoms with E-state index in [1.165, 1.54) is 35.3 Å². The lowest BCUT2D eigenvalue weighted by Crippen LogP contribution is -2.17. The van der Waals surface area contributed by atoms with E-state index in [9.17, 15) is 18.0 Å². The number of alkyl halides is 3. The van der Waals surface area contributed by atoms with Crippen LogP contribution in [0.2, 0.25) is 0 Å². The van der Waals surface area contributed by atoms with E-state index in [0.717, 1.165) is 10.0 Å². The first-order valence-electron chi connectivity index (χ1n) is 10.8. The second-order valence-corrected chi connectivity index (χ2v) is 8.53. The van der Waals surface area contributed by atoms with Crippen molar-refractivity contribution in [3.05, 3.63) is 89.2 Å². The molecule has 4 rings (SSSR count). The minimum atomic E-state index is -4.75. The summed E-state index contributed by atoms with van der Waals surface area (Å²) >= 11 is 3.42. The molecule has 0 aliphatic carbocycles. The third kappa shape index (κ3) is 6.63. The largest absolute Gasteiger partial charge is 0.573 e. The molecule has 0 bridgehead atoms. The van der Waals surface area contributed by atoms with Crippen LogP contribution in [0.25, 0.3) is 17.1 Å². The van der Waals surface area contributed by atoms with Gasteiger partial charge < -0.3 is 9.47 Å². The van der Waals surface area contributed by atoms with Gasteiger partial charge in [0.05, 0.1) is 5.69 Å². The highest BCUT2D eigenvalue weighted by atomic mass is 79.9. The number of benzene rings is 3. The number of nitrogens with zero attached hydrogens (tertiary/aromatic N) is 3. The summed E-state index contributed by atoms with van der Waals surface area (Å²) in [5, 5.41) is 7.07. The Morgan fingerprint density at radius 2 is 1.81 bits per heavy atom. The van der Waals surface area contributed by atoms with Crippen LogP contribution in [0.5, 0.6) is 5.75 Å². The molecule has 36 heavy (non-hydrogen) atoms. The maximum Gasteiger partial charge on any atom is 0.573 e. The van der Waals surface area contributed by atoms with E-state index in [0.29, 0.717) is 29.2 Å². The summed E-state index contributed by atoms with van der Waals surface area (Å²) in [4.78, 5) is 16.7. The average molecular weight is 561 g/mol. The summed E-state index contributed by atoms with van der Waals surface area (Å²) in [5.74, 6) is 0.0792. The number of carbonyl (C=O) groups is 1. The van der Waals surface area contributed by atoms with Crippen molar-refractivity contribution in [1.29, 1.82) is 0 Å². The number of aromatic nitrogens is 3. The van der Waals surface area contributed by atoms with E-state index < -0.39 is 12.5 Å². The third-order valence-corrected chi connectivity index (χ3v) is 5.55. The van der Waals surface area contributed by atoms with Gasteiger partial charge in [0.1, 0.15) is 18.2 Å². The highest BCUT2D eigenvalue weighted by Gasteiger charge is 2.31. The second kappa shape index (κ2) is 10.8. The van der Waals surface area contributed by atoms with Crippen molar-refractivity contribution < 1.29 is 27.4 Å². The van der Waals surface area contributed by atoms with E-state index >= 15 is 0 Å². The van der Waals surface area contributed by atoms with Crippen LogP contribution in [-0.4, -0.2) is 27.2 Å². The first kappa shape index (κ1) is 25.2. The van der Waals surface area contributed by atoms with Crippen molar-refractivity contribution in [2.75, 3.05) is 5.32 Å². The van der Waals surface area contributed by atoms with Gasteiger partial charge in [-0.25, -0.2) is 14.5 Å². The summed E-state index contributed by atoms with van der Waals surface area (Å²) in [7, 11) is 0. The minimum Gasteiger partial charge on any atom is -0.441 e. The van der Waals surface area contributed by atoms with Gasteiger partial charge in [-0.1, -0.05) is 35.0 Å². The highest BCUT2D eigenvalue weighted by Crippen LogP contribution is 2.26. The molecular weight excluding hydrogens is 541 g/mol. The van der Waals surface area contributed by atoms with Crippen molar-refractivity contribution in [3.8, 4) is 22.8 Å². The molecular formula is C25H20BrF3N4O3. The van der Waals surface area contributed by atoms with E-state index in [-0.39, 0.29) is 11.9 Å². The molecule has 7 nitrogen and oxygen atoms in total. The molecule has 1 N–H and O–H groups in total. The molecule has 0 aliphatic heterocycles. The summed E-state index contributed by atoms with van der Waals surface area (Å²) in [6.07, 6.45) is -3.64. The number of ether oxygens (including phenoxy) is 2. The van der Waals surface area contributed by atoms with Crippen molar-refractivity contribution in [1.82, 2.24) is 14.8 Å². The zero-order valence-electron chi connectivity index (χ0n) is 18.9. The molecule has 1 aromatic heterocycles. The SMILES string of the molecule is CCC(OC(=O)Nc1ccc(-c2ncn(-c3ccc(OC(F)(F)F)cc3)n2)cc1)c1cccc(Br)c1. The molecule has 0 radical (unpaired) electrons. The number of nitrogens with one attached hydrogen (secondary N) is 1. The Bertz CT molecular complexity index is 1330. The van der Waals surface area contributed by atoms with Gasteiger partial charge in [0.2, 0.25) is 0 Å². The molecule has 0 spiro atoms. The van der Waals surface area contributed by atoms with Crippen molar-refractivity contribution in [3.63, 3.8) is 0 Å². The zero-order chi connectivity index (χ0) is 25.7. The Labute approximate surface area is 213 Å². The van der Waals surface area contributed by atoms with Gasteiger partial charge in [-0.2, -0.15) is 0 Å². The zero-order valence-corrected chi connectivity index (χ0v) is 20.5. The third-order valence-electron chi connectivity index (χ3n) is 5.06. The number of hydrogen-bond donors (Lipinski definition) is 1. The van der Waals surface area contributed by atoms with Crippen molar-refractivity contribution in [2.45, 2.75) is 25.8 Å². The molecule has 4 aromatic rings. The van der Waals surface area contributed by atoms with Gasteiger partial charge in [0.15, 0.2) is 5.82 Å². The van der Waals surface area contributed by atoms with Crippen LogP contribution in [0.1, 0.15) is 25.0 Å². The molecule has 1 amide bonds. The Kier molecular flexibility index (Phi) is 7.58. The standard InChI is InChI=1S/C25H20BrF3N4O3/c1-2-22(17-4-3-5-18(26)14-17)35-24(34)31-19-8-6-16(7-9-19)23-30-15-33(32-23)20-10-12-21(13-11-20)36-25(27,28)29/h3-15,22H,2H2,1H3,(H,31,34). The van der Waals surface area contributed by atoms with E-state index in [4.69, 9.17) is 4.74 Å². The fraction of sp³-hybridized carbons (Fsp3) is 0.160. The molecule has 3 aromatic carbocycles. The van der Waals surface area contributed by atoms with Crippen LogP contribution in [0.15, 0.2) is 83.6 Å². The predicted molar refractivity (Wildman–Crippen MR) is 131 cm³/mol. The number of halogens is 4. The van der Waals surface area contributed by atoms with Crippen LogP contribution in [-0.2, 0) is 4.74 Å². The Balaban J connectivity index is 1.38. The number of rotatable bonds is 7. The molecule has 0 fully saturated rings. The van der Waals surface area contributed by atoms with E-state index in [2.05, 4.69) is 36.1 Å². The van der Waals surface area contributed by atoms with Gasteiger partial charge >= 0.3 is 12.5 Å². The number of anilines is 1. The van der Waals surface area contributed by atoms with Gasteiger partial charge in [-0.05, 0) is 72.6 Å². The van der Waals surface area contributed by atoms with Crippen LogP contribution >= 0.6 is 15.9 Å². The Hall–Kier alpha value is -3.86. The van der Waals surface area contributed by atoms with Gasteiger partial charge in [0, 0.05) is 15.7 Å². The molecule has 1 unspecified atom stereocenters.